The van der Waals surface area contributed by atoms with Crippen LogP contribution in [0.3, 0.4) is 0 Å². The standard InChI is InChI=1S/C14H18F2N2O/c15-12-5-3-6-13(16)11(12)9-18-7-2-1-4-10(18)8-14(17)19/h3,5-6,10H,1-2,4,7-9H2,(H2,17,19). The van der Waals surface area contributed by atoms with Crippen molar-refractivity contribution in [2.45, 2.75) is 38.3 Å². The van der Waals surface area contributed by atoms with Crippen LogP contribution in [-0.4, -0.2) is 23.4 Å². The van der Waals surface area contributed by atoms with Gasteiger partial charge >= 0.3 is 0 Å². The monoisotopic (exact) mass is 268 g/mol. The number of halogens is 2. The molecule has 1 fully saturated rings. The Hall–Kier alpha value is -1.49. The maximum atomic E-state index is 13.6. The van der Waals surface area contributed by atoms with Crippen molar-refractivity contribution in [2.75, 3.05) is 6.54 Å². The van der Waals surface area contributed by atoms with E-state index in [9.17, 15) is 13.6 Å². The molecule has 0 radical (unpaired) electrons. The zero-order valence-electron chi connectivity index (χ0n) is 10.7. The smallest absolute Gasteiger partial charge is 0.218 e. The van der Waals surface area contributed by atoms with Crippen LogP contribution in [0.5, 0.6) is 0 Å². The number of nitrogens with zero attached hydrogens (tertiary/aromatic N) is 1. The Morgan fingerprint density at radius 1 is 1.32 bits per heavy atom. The molecule has 104 valence electrons. The molecule has 2 N–H and O–H groups in total. The molecule has 0 spiro atoms. The minimum absolute atomic E-state index is 0.00902. The number of likely N-dealkylation sites (tertiary alicyclic amines) is 1. The number of carbonyl (C=O) groups is 1. The summed E-state index contributed by atoms with van der Waals surface area (Å²) in [5.74, 6) is -1.45. The first-order chi connectivity index (χ1) is 9.08. The lowest BCUT2D eigenvalue weighted by Gasteiger charge is -2.35. The van der Waals surface area contributed by atoms with Gasteiger partial charge < -0.3 is 5.73 Å². The molecule has 1 aliphatic rings. The maximum absolute atomic E-state index is 13.6. The van der Waals surface area contributed by atoms with Gasteiger partial charge in [0.05, 0.1) is 0 Å². The van der Waals surface area contributed by atoms with Gasteiger partial charge in [-0.25, -0.2) is 8.78 Å². The first kappa shape index (κ1) is 13.9. The normalized spacial score (nSPS) is 20.4. The molecular weight excluding hydrogens is 250 g/mol. The second kappa shape index (κ2) is 6.10. The second-order valence-corrected chi connectivity index (χ2v) is 4.99. The zero-order chi connectivity index (χ0) is 13.8. The van der Waals surface area contributed by atoms with Gasteiger partial charge in [0.2, 0.25) is 5.91 Å². The number of amides is 1. The minimum atomic E-state index is -0.539. The van der Waals surface area contributed by atoms with Crippen molar-refractivity contribution < 1.29 is 13.6 Å². The number of piperidine rings is 1. The molecule has 5 heteroatoms. The number of primary amides is 1. The Balaban J connectivity index is 2.13. The molecule has 0 aromatic heterocycles. The SMILES string of the molecule is NC(=O)CC1CCCCN1Cc1c(F)cccc1F. The van der Waals surface area contributed by atoms with E-state index < -0.39 is 11.6 Å². The fourth-order valence-corrected chi connectivity index (χ4v) is 2.62. The molecule has 2 rings (SSSR count). The summed E-state index contributed by atoms with van der Waals surface area (Å²) in [4.78, 5) is 13.0. The van der Waals surface area contributed by atoms with Gasteiger partial charge in [0.15, 0.2) is 0 Å². The van der Waals surface area contributed by atoms with Crippen LogP contribution in [0.25, 0.3) is 0 Å². The van der Waals surface area contributed by atoms with Gasteiger partial charge in [-0.3, -0.25) is 9.69 Å². The summed E-state index contributed by atoms with van der Waals surface area (Å²) in [6, 6.07) is 3.85. The number of nitrogens with two attached hydrogens (primary N) is 1. The van der Waals surface area contributed by atoms with E-state index in [1.165, 1.54) is 18.2 Å². The van der Waals surface area contributed by atoms with Gasteiger partial charge in [-0.2, -0.15) is 0 Å². The Labute approximate surface area is 111 Å². The number of carbonyl (C=O) groups excluding carboxylic acids is 1. The Bertz CT molecular complexity index is 445. The average molecular weight is 268 g/mol. The average Bonchev–Trinajstić information content (AvgIpc) is 2.35. The highest BCUT2D eigenvalue weighted by Gasteiger charge is 2.25. The van der Waals surface area contributed by atoms with Crippen LogP contribution in [0.4, 0.5) is 8.78 Å². The van der Waals surface area contributed by atoms with Crippen LogP contribution in [-0.2, 0) is 11.3 Å². The predicted octanol–water partition coefficient (Wildman–Crippen LogP) is 2.19. The lowest BCUT2D eigenvalue weighted by molar-refractivity contribution is -0.119. The highest BCUT2D eigenvalue weighted by atomic mass is 19.1. The summed E-state index contributed by atoms with van der Waals surface area (Å²) in [7, 11) is 0. The quantitative estimate of drug-likeness (QED) is 0.910. The van der Waals surface area contributed by atoms with Gasteiger partial charge in [0, 0.05) is 24.6 Å². The van der Waals surface area contributed by atoms with Crippen molar-refractivity contribution in [1.82, 2.24) is 4.90 Å². The number of rotatable bonds is 4. The first-order valence-electron chi connectivity index (χ1n) is 6.53. The molecule has 1 heterocycles. The summed E-state index contributed by atoms with van der Waals surface area (Å²) < 4.78 is 27.3. The zero-order valence-corrected chi connectivity index (χ0v) is 10.7. The van der Waals surface area contributed by atoms with Crippen LogP contribution < -0.4 is 5.73 Å². The predicted molar refractivity (Wildman–Crippen MR) is 68.2 cm³/mol. The van der Waals surface area contributed by atoms with E-state index in [1.54, 1.807) is 0 Å². The first-order valence-corrected chi connectivity index (χ1v) is 6.53. The van der Waals surface area contributed by atoms with E-state index in [2.05, 4.69) is 0 Å². The molecule has 1 unspecified atom stereocenters. The van der Waals surface area contributed by atoms with Crippen molar-refractivity contribution in [3.63, 3.8) is 0 Å². The van der Waals surface area contributed by atoms with E-state index in [1.807, 2.05) is 4.90 Å². The van der Waals surface area contributed by atoms with Crippen LogP contribution in [0.1, 0.15) is 31.2 Å². The summed E-state index contributed by atoms with van der Waals surface area (Å²) in [6.07, 6.45) is 3.09. The van der Waals surface area contributed by atoms with Crippen LogP contribution >= 0.6 is 0 Å². The fourth-order valence-electron chi connectivity index (χ4n) is 2.62. The number of benzene rings is 1. The van der Waals surface area contributed by atoms with Gasteiger partial charge in [0.25, 0.3) is 0 Å². The molecule has 1 saturated heterocycles. The van der Waals surface area contributed by atoms with Crippen LogP contribution in [0.2, 0.25) is 0 Å². The molecule has 1 amide bonds. The van der Waals surface area contributed by atoms with Crippen LogP contribution in [0, 0.1) is 11.6 Å². The van der Waals surface area contributed by atoms with E-state index in [0.717, 1.165) is 25.8 Å². The molecule has 1 aromatic carbocycles. The van der Waals surface area contributed by atoms with Crippen molar-refractivity contribution in [2.24, 2.45) is 5.73 Å². The molecule has 0 saturated carbocycles. The van der Waals surface area contributed by atoms with Gasteiger partial charge in [-0.05, 0) is 31.5 Å². The molecular formula is C14H18F2N2O. The van der Waals surface area contributed by atoms with Gasteiger partial charge in [-0.1, -0.05) is 12.5 Å². The van der Waals surface area contributed by atoms with Gasteiger partial charge in [-0.15, -0.1) is 0 Å². The Morgan fingerprint density at radius 2 is 2.00 bits per heavy atom. The molecule has 19 heavy (non-hydrogen) atoms. The Morgan fingerprint density at radius 3 is 2.63 bits per heavy atom. The number of hydrogen-bond acceptors (Lipinski definition) is 2. The van der Waals surface area contributed by atoms with Crippen molar-refractivity contribution in [3.05, 3.63) is 35.4 Å². The third-order valence-electron chi connectivity index (χ3n) is 3.61. The van der Waals surface area contributed by atoms with E-state index in [0.29, 0.717) is 0 Å². The molecule has 3 nitrogen and oxygen atoms in total. The summed E-state index contributed by atoms with van der Waals surface area (Å²) in [5, 5.41) is 0. The summed E-state index contributed by atoms with van der Waals surface area (Å²) >= 11 is 0. The third kappa shape index (κ3) is 3.50. The molecule has 1 aliphatic heterocycles. The molecule has 1 atom stereocenters. The van der Waals surface area contributed by atoms with Crippen molar-refractivity contribution in [3.8, 4) is 0 Å². The van der Waals surface area contributed by atoms with Crippen molar-refractivity contribution >= 4 is 5.91 Å². The fraction of sp³-hybridized carbons (Fsp3) is 0.500. The Kier molecular flexibility index (Phi) is 4.47. The van der Waals surface area contributed by atoms with E-state index in [-0.39, 0.29) is 30.5 Å². The molecule has 0 bridgehead atoms. The lowest BCUT2D eigenvalue weighted by Crippen LogP contribution is -2.41. The van der Waals surface area contributed by atoms with Gasteiger partial charge in [0.1, 0.15) is 11.6 Å². The summed E-state index contributed by atoms with van der Waals surface area (Å²) in [6.45, 7) is 0.933. The van der Waals surface area contributed by atoms with E-state index >= 15 is 0 Å². The van der Waals surface area contributed by atoms with E-state index in [4.69, 9.17) is 5.73 Å². The minimum Gasteiger partial charge on any atom is -0.370 e. The highest BCUT2D eigenvalue weighted by molar-refractivity contribution is 5.74. The molecule has 1 aromatic rings. The highest BCUT2D eigenvalue weighted by Crippen LogP contribution is 2.23. The second-order valence-electron chi connectivity index (χ2n) is 4.99. The number of hydrogen-bond donors (Lipinski definition) is 1. The topological polar surface area (TPSA) is 46.3 Å². The van der Waals surface area contributed by atoms with Crippen molar-refractivity contribution in [1.29, 1.82) is 0 Å². The largest absolute Gasteiger partial charge is 0.370 e. The summed E-state index contributed by atoms with van der Waals surface area (Å²) in [5.41, 5.74) is 5.29. The van der Waals surface area contributed by atoms with Crippen LogP contribution in [0.15, 0.2) is 18.2 Å². The maximum Gasteiger partial charge on any atom is 0.218 e. The lowest BCUT2D eigenvalue weighted by atomic mass is 9.98. The third-order valence-corrected chi connectivity index (χ3v) is 3.61. The molecule has 0 aliphatic carbocycles.